The second-order valence-electron chi connectivity index (χ2n) is 5.01. The molecule has 1 aromatic heterocycles. The van der Waals surface area contributed by atoms with Crippen molar-refractivity contribution in [1.29, 1.82) is 0 Å². The highest BCUT2D eigenvalue weighted by Crippen LogP contribution is 2.15. The van der Waals surface area contributed by atoms with Crippen LogP contribution in [0.1, 0.15) is 17.4 Å². The van der Waals surface area contributed by atoms with Crippen molar-refractivity contribution in [2.75, 3.05) is 25.6 Å². The largest absolute Gasteiger partial charge is 0.388 e. The van der Waals surface area contributed by atoms with E-state index in [1.54, 1.807) is 14.0 Å². The van der Waals surface area contributed by atoms with Gasteiger partial charge in [0.1, 0.15) is 10.6 Å². The van der Waals surface area contributed by atoms with E-state index in [1.165, 1.54) is 35.6 Å². The number of aliphatic hydroxyl groups is 1. The number of aromatic nitrogens is 1. The van der Waals surface area contributed by atoms with Gasteiger partial charge in [-0.1, -0.05) is 0 Å². The summed E-state index contributed by atoms with van der Waals surface area (Å²) >= 11 is 1.43. The second-order valence-corrected chi connectivity index (χ2v) is 7.64. The fourth-order valence-electron chi connectivity index (χ4n) is 1.73. The van der Waals surface area contributed by atoms with Crippen molar-refractivity contribution in [3.63, 3.8) is 0 Å². The molecule has 1 atom stereocenters. The Balaban J connectivity index is 2.92. The molecule has 0 aliphatic carbocycles. The molecule has 1 rings (SSSR count). The zero-order chi connectivity index (χ0) is 16.3. The molecule has 21 heavy (non-hydrogen) atoms. The maximum absolute atomic E-state index is 12.2. The number of nitrogens with zero attached hydrogens (tertiary/aromatic N) is 1. The monoisotopic (exact) mass is 335 g/mol. The van der Waals surface area contributed by atoms with E-state index >= 15 is 0 Å². The predicted octanol–water partition coefficient (Wildman–Crippen LogP) is -0.223. The van der Waals surface area contributed by atoms with Gasteiger partial charge < -0.3 is 15.0 Å². The lowest BCUT2D eigenvalue weighted by Gasteiger charge is -2.22. The van der Waals surface area contributed by atoms with Gasteiger partial charge in [0.15, 0.2) is 0 Å². The molecule has 0 saturated heterocycles. The van der Waals surface area contributed by atoms with Crippen molar-refractivity contribution in [3.8, 4) is 0 Å². The van der Waals surface area contributed by atoms with Crippen molar-refractivity contribution >= 4 is 27.7 Å². The second kappa shape index (κ2) is 6.82. The number of hydrogen-bond acceptors (Lipinski definition) is 5. The Morgan fingerprint density at radius 1 is 1.52 bits per heavy atom. The van der Waals surface area contributed by atoms with Crippen molar-refractivity contribution in [2.45, 2.75) is 17.4 Å². The molecule has 120 valence electrons. The van der Waals surface area contributed by atoms with Crippen LogP contribution >= 0.6 is 11.8 Å². The van der Waals surface area contributed by atoms with Crippen LogP contribution in [0.25, 0.3) is 0 Å². The minimum absolute atomic E-state index is 0.0106. The summed E-state index contributed by atoms with van der Waals surface area (Å²) in [6.45, 7) is 1.47. The zero-order valence-electron chi connectivity index (χ0n) is 12.5. The van der Waals surface area contributed by atoms with Crippen LogP contribution in [0.3, 0.4) is 0 Å². The number of amides is 1. The first-order chi connectivity index (χ1) is 9.63. The van der Waals surface area contributed by atoms with Crippen molar-refractivity contribution < 1.29 is 18.3 Å². The fourth-order valence-corrected chi connectivity index (χ4v) is 3.69. The van der Waals surface area contributed by atoms with Crippen LogP contribution in [0, 0.1) is 0 Å². The van der Waals surface area contributed by atoms with Gasteiger partial charge >= 0.3 is 0 Å². The number of aryl methyl sites for hydroxylation is 1. The Morgan fingerprint density at radius 2 is 2.14 bits per heavy atom. The third-order valence-electron chi connectivity index (χ3n) is 2.85. The van der Waals surface area contributed by atoms with Crippen LogP contribution in [0.4, 0.5) is 0 Å². The summed E-state index contributed by atoms with van der Waals surface area (Å²) in [5.41, 5.74) is -0.890. The van der Waals surface area contributed by atoms with Gasteiger partial charge in [0.05, 0.1) is 5.60 Å². The standard InChI is InChI=1S/C12H21N3O4S2/c1-12(17,8-20-4)7-14-21(18,19)9-5-10(11(16)13-2)15(3)6-9/h5-6,14,17H,7-8H2,1-4H3,(H,13,16). The number of rotatable bonds is 7. The molecule has 0 aliphatic rings. The third-order valence-corrected chi connectivity index (χ3v) is 5.13. The average molecular weight is 335 g/mol. The highest BCUT2D eigenvalue weighted by Gasteiger charge is 2.25. The number of hydrogen-bond donors (Lipinski definition) is 3. The maximum atomic E-state index is 12.2. The summed E-state index contributed by atoms with van der Waals surface area (Å²) < 4.78 is 28.2. The molecule has 1 amide bonds. The van der Waals surface area contributed by atoms with Crippen molar-refractivity contribution in [1.82, 2.24) is 14.6 Å². The first-order valence-electron chi connectivity index (χ1n) is 6.22. The SMILES string of the molecule is CNC(=O)c1cc(S(=O)(=O)NCC(C)(O)CSC)cn1C. The molecular weight excluding hydrogens is 314 g/mol. The van der Waals surface area contributed by atoms with E-state index in [0.29, 0.717) is 5.75 Å². The summed E-state index contributed by atoms with van der Waals surface area (Å²) in [6, 6.07) is 1.30. The van der Waals surface area contributed by atoms with Crippen molar-refractivity contribution in [2.24, 2.45) is 7.05 Å². The molecule has 0 aromatic carbocycles. The predicted molar refractivity (Wildman–Crippen MR) is 83.0 cm³/mol. The molecule has 3 N–H and O–H groups in total. The Morgan fingerprint density at radius 3 is 2.67 bits per heavy atom. The highest BCUT2D eigenvalue weighted by molar-refractivity contribution is 7.98. The van der Waals surface area contributed by atoms with E-state index in [0.717, 1.165) is 0 Å². The molecule has 0 fully saturated rings. The summed E-state index contributed by atoms with van der Waals surface area (Å²) in [6.07, 6.45) is 3.19. The Hall–Kier alpha value is -1.03. The lowest BCUT2D eigenvalue weighted by atomic mass is 10.1. The summed E-state index contributed by atoms with van der Waals surface area (Å²) in [5, 5.41) is 12.4. The van der Waals surface area contributed by atoms with Crippen LogP contribution in [-0.2, 0) is 17.1 Å². The lowest BCUT2D eigenvalue weighted by molar-refractivity contribution is 0.0907. The normalized spacial score (nSPS) is 14.7. The quantitative estimate of drug-likeness (QED) is 0.639. The number of thioether (sulfide) groups is 1. The smallest absolute Gasteiger partial charge is 0.267 e. The summed E-state index contributed by atoms with van der Waals surface area (Å²) in [4.78, 5) is 11.6. The highest BCUT2D eigenvalue weighted by atomic mass is 32.2. The van der Waals surface area contributed by atoms with Crippen LogP contribution in [0.2, 0.25) is 0 Å². The number of sulfonamides is 1. The first-order valence-corrected chi connectivity index (χ1v) is 9.10. The third kappa shape index (κ3) is 4.73. The molecule has 1 aromatic rings. The minimum Gasteiger partial charge on any atom is -0.388 e. The van der Waals surface area contributed by atoms with E-state index < -0.39 is 15.6 Å². The topological polar surface area (TPSA) is 100 Å². The van der Waals surface area contributed by atoms with E-state index in [2.05, 4.69) is 10.0 Å². The molecule has 1 unspecified atom stereocenters. The van der Waals surface area contributed by atoms with Crippen LogP contribution < -0.4 is 10.0 Å². The average Bonchev–Trinajstić information content (AvgIpc) is 2.79. The number of carbonyl (C=O) groups is 1. The molecule has 0 saturated carbocycles. The van der Waals surface area contributed by atoms with Gasteiger partial charge in [-0.3, -0.25) is 4.79 Å². The van der Waals surface area contributed by atoms with Crippen LogP contribution in [0.5, 0.6) is 0 Å². The van der Waals surface area contributed by atoms with E-state index in [4.69, 9.17) is 0 Å². The van der Waals surface area contributed by atoms with Gasteiger partial charge in [-0.25, -0.2) is 13.1 Å². The lowest BCUT2D eigenvalue weighted by Crippen LogP contribution is -2.42. The van der Waals surface area contributed by atoms with Gasteiger partial charge in [-0.15, -0.1) is 0 Å². The summed E-state index contributed by atoms with van der Waals surface area (Å²) in [5.74, 6) is 0.0432. The van der Waals surface area contributed by atoms with Gasteiger partial charge in [0.25, 0.3) is 5.91 Å². The van der Waals surface area contributed by atoms with E-state index in [9.17, 15) is 18.3 Å². The molecular formula is C12H21N3O4S2. The van der Waals surface area contributed by atoms with E-state index in [1.807, 2.05) is 6.26 Å². The molecule has 7 nitrogen and oxygen atoms in total. The summed E-state index contributed by atoms with van der Waals surface area (Å²) in [7, 11) is -0.711. The number of carbonyl (C=O) groups excluding carboxylic acids is 1. The molecule has 0 spiro atoms. The Labute approximate surface area is 129 Å². The van der Waals surface area contributed by atoms with Crippen LogP contribution in [-0.4, -0.2) is 55.2 Å². The minimum atomic E-state index is -3.78. The first kappa shape index (κ1) is 18.0. The fraction of sp³-hybridized carbons (Fsp3) is 0.583. The van der Waals surface area contributed by atoms with Gasteiger partial charge in [-0.2, -0.15) is 11.8 Å². The van der Waals surface area contributed by atoms with Crippen molar-refractivity contribution in [3.05, 3.63) is 18.0 Å². The van der Waals surface area contributed by atoms with E-state index in [-0.39, 0.29) is 23.0 Å². The molecule has 1 heterocycles. The molecule has 9 heteroatoms. The van der Waals surface area contributed by atoms with Gasteiger partial charge in [0.2, 0.25) is 10.0 Å². The zero-order valence-corrected chi connectivity index (χ0v) is 14.1. The van der Waals surface area contributed by atoms with Gasteiger partial charge in [0, 0.05) is 32.6 Å². The van der Waals surface area contributed by atoms with Crippen LogP contribution in [0.15, 0.2) is 17.2 Å². The van der Waals surface area contributed by atoms with Gasteiger partial charge in [-0.05, 0) is 19.2 Å². The Bertz CT molecular complexity index is 608. The number of nitrogens with one attached hydrogen (secondary N) is 2. The molecule has 0 bridgehead atoms. The molecule has 0 aliphatic heterocycles. The molecule has 0 radical (unpaired) electrons. The maximum Gasteiger partial charge on any atom is 0.267 e. The Kier molecular flexibility index (Phi) is 5.85.